The molecule has 1 N–H and O–H groups in total. The molecule has 0 atom stereocenters. The van der Waals surface area contributed by atoms with E-state index in [9.17, 15) is 4.79 Å². The zero-order chi connectivity index (χ0) is 25.1. The average molecular weight is 483 g/mol. The number of nitrogens with one attached hydrogen (secondary N) is 1. The van der Waals surface area contributed by atoms with Gasteiger partial charge in [-0.2, -0.15) is 0 Å². The topological polar surface area (TPSA) is 36.1 Å². The maximum atomic E-state index is 14.0. The largest absolute Gasteiger partial charge is 0.357 e. The summed E-state index contributed by atoms with van der Waals surface area (Å²) in [5.74, 6) is 4.11. The number of rotatable bonds is 2. The minimum Gasteiger partial charge on any atom is -0.357 e. The predicted octanol–water partition coefficient (Wildman–Crippen LogP) is 6.64. The number of hydrogen-bond donors (Lipinski definition) is 1. The van der Waals surface area contributed by atoms with Gasteiger partial charge in [0.15, 0.2) is 5.78 Å². The third-order valence-electron chi connectivity index (χ3n) is 7.97. The summed E-state index contributed by atoms with van der Waals surface area (Å²) in [4.78, 5) is 20.1. The van der Waals surface area contributed by atoms with Crippen molar-refractivity contribution in [2.75, 3.05) is 20.1 Å². The molecule has 3 nitrogen and oxygen atoms in total. The van der Waals surface area contributed by atoms with Crippen LogP contribution in [0.15, 0.2) is 30.3 Å². The van der Waals surface area contributed by atoms with Crippen molar-refractivity contribution in [2.45, 2.75) is 71.0 Å². The summed E-state index contributed by atoms with van der Waals surface area (Å²) in [6.45, 7) is 15.8. The molecule has 4 heteroatoms. The number of ketones is 1. The Morgan fingerprint density at radius 1 is 1.11 bits per heavy atom. The lowest BCUT2D eigenvalue weighted by Crippen LogP contribution is -2.32. The highest BCUT2D eigenvalue weighted by molar-refractivity contribution is 6.83. The monoisotopic (exact) mass is 482 g/mol. The number of hydrogen-bond acceptors (Lipinski definition) is 2. The van der Waals surface area contributed by atoms with Crippen LogP contribution in [-0.2, 0) is 11.8 Å². The molecule has 2 aliphatic rings. The van der Waals surface area contributed by atoms with Crippen molar-refractivity contribution in [1.82, 2.24) is 9.88 Å². The van der Waals surface area contributed by atoms with Gasteiger partial charge in [0.2, 0.25) is 0 Å². The second kappa shape index (κ2) is 8.50. The fourth-order valence-corrected chi connectivity index (χ4v) is 6.40. The second-order valence-corrected chi connectivity index (χ2v) is 16.9. The van der Waals surface area contributed by atoms with Crippen LogP contribution in [0.5, 0.6) is 0 Å². The Balaban J connectivity index is 1.64. The molecule has 0 spiro atoms. The number of nitrogens with zero attached hydrogens (tertiary/aromatic N) is 1. The van der Waals surface area contributed by atoms with Crippen LogP contribution in [0.2, 0.25) is 19.6 Å². The van der Waals surface area contributed by atoms with Crippen LogP contribution in [0.1, 0.15) is 83.4 Å². The molecule has 1 fully saturated rings. The van der Waals surface area contributed by atoms with Gasteiger partial charge in [-0.3, -0.25) is 4.79 Å². The summed E-state index contributed by atoms with van der Waals surface area (Å²) in [6.07, 6.45) is 3.34. The van der Waals surface area contributed by atoms with Gasteiger partial charge in [-0.25, -0.2) is 0 Å². The van der Waals surface area contributed by atoms with E-state index in [2.05, 4.69) is 99.1 Å². The highest BCUT2D eigenvalue weighted by Gasteiger charge is 2.40. The van der Waals surface area contributed by atoms with Gasteiger partial charge in [-0.05, 0) is 80.2 Å². The molecule has 1 aliphatic carbocycles. The zero-order valence-electron chi connectivity index (χ0n) is 22.4. The fourth-order valence-electron chi connectivity index (χ4n) is 5.88. The summed E-state index contributed by atoms with van der Waals surface area (Å²) in [6, 6.07) is 10.9. The van der Waals surface area contributed by atoms with Crippen LogP contribution in [0.4, 0.5) is 0 Å². The lowest BCUT2D eigenvalue weighted by Gasteiger charge is -2.35. The van der Waals surface area contributed by atoms with Gasteiger partial charge in [0.1, 0.15) is 8.07 Å². The van der Waals surface area contributed by atoms with E-state index in [0.29, 0.717) is 5.92 Å². The van der Waals surface area contributed by atoms with Gasteiger partial charge in [0.25, 0.3) is 0 Å². The van der Waals surface area contributed by atoms with E-state index in [1.807, 2.05) is 0 Å². The lowest BCUT2D eigenvalue weighted by atomic mass is 9.69. The molecule has 0 unspecified atom stereocenters. The van der Waals surface area contributed by atoms with Crippen LogP contribution >= 0.6 is 0 Å². The maximum absolute atomic E-state index is 14.0. The number of carbonyl (C=O) groups excluding carboxylic acids is 1. The molecular formula is C31H38N2OSi. The molecule has 1 aliphatic heterocycles. The number of benzene rings is 2. The first-order valence-electron chi connectivity index (χ1n) is 13.1. The third kappa shape index (κ3) is 4.19. The van der Waals surface area contributed by atoms with E-state index in [-0.39, 0.29) is 11.2 Å². The number of aromatic nitrogens is 1. The van der Waals surface area contributed by atoms with Gasteiger partial charge < -0.3 is 9.88 Å². The molecule has 0 radical (unpaired) electrons. The van der Waals surface area contributed by atoms with Gasteiger partial charge >= 0.3 is 0 Å². The smallest absolute Gasteiger partial charge is 0.195 e. The van der Waals surface area contributed by atoms with Crippen LogP contribution in [-0.4, -0.2) is 43.9 Å². The van der Waals surface area contributed by atoms with Crippen LogP contribution in [0.3, 0.4) is 0 Å². The number of likely N-dealkylation sites (tertiary alicyclic amines) is 1. The van der Waals surface area contributed by atoms with Crippen LogP contribution in [0, 0.1) is 11.5 Å². The van der Waals surface area contributed by atoms with Crippen molar-refractivity contribution < 1.29 is 4.79 Å². The number of H-pyrrole nitrogens is 1. The van der Waals surface area contributed by atoms with Gasteiger partial charge in [-0.15, -0.1) is 5.54 Å². The number of carbonyl (C=O) groups is 1. The molecule has 2 aromatic carbocycles. The first-order chi connectivity index (χ1) is 16.5. The molecule has 3 aromatic rings. The first kappa shape index (κ1) is 24.1. The Labute approximate surface area is 211 Å². The highest BCUT2D eigenvalue weighted by Crippen LogP contribution is 2.46. The first-order valence-corrected chi connectivity index (χ1v) is 16.6. The molecule has 182 valence electrons. The van der Waals surface area contributed by atoms with Crippen molar-refractivity contribution in [2.24, 2.45) is 0 Å². The van der Waals surface area contributed by atoms with Crippen LogP contribution in [0.25, 0.3) is 10.9 Å². The predicted molar refractivity (Wildman–Crippen MR) is 149 cm³/mol. The number of aromatic amines is 1. The summed E-state index contributed by atoms with van der Waals surface area (Å²) < 4.78 is 0. The average Bonchev–Trinajstić information content (AvgIpc) is 3.21. The Bertz CT molecular complexity index is 1390. The zero-order valence-corrected chi connectivity index (χ0v) is 23.4. The van der Waals surface area contributed by atoms with Crippen molar-refractivity contribution in [3.8, 4) is 11.5 Å². The second-order valence-electron chi connectivity index (χ2n) is 12.1. The highest BCUT2D eigenvalue weighted by atomic mass is 28.3. The van der Waals surface area contributed by atoms with E-state index < -0.39 is 8.07 Å². The summed E-state index contributed by atoms with van der Waals surface area (Å²) in [5.41, 5.74) is 12.0. The Morgan fingerprint density at radius 3 is 2.49 bits per heavy atom. The van der Waals surface area contributed by atoms with Crippen molar-refractivity contribution >= 4 is 24.8 Å². The molecule has 35 heavy (non-hydrogen) atoms. The number of aryl methyl sites for hydroxylation is 1. The molecule has 5 rings (SSSR count). The van der Waals surface area contributed by atoms with Gasteiger partial charge in [-0.1, -0.05) is 58.5 Å². The summed E-state index contributed by atoms with van der Waals surface area (Å²) in [5, 5.41) is 1.01. The molecule has 2 heterocycles. The quantitative estimate of drug-likeness (QED) is 0.328. The number of piperidine rings is 1. The molecule has 0 amide bonds. The molecule has 1 aromatic heterocycles. The summed E-state index contributed by atoms with van der Waals surface area (Å²) >= 11 is 0. The van der Waals surface area contributed by atoms with E-state index >= 15 is 0 Å². The van der Waals surface area contributed by atoms with Crippen molar-refractivity contribution in [3.05, 3.63) is 69.4 Å². The Morgan fingerprint density at radius 2 is 1.83 bits per heavy atom. The molecule has 0 saturated carbocycles. The van der Waals surface area contributed by atoms with Crippen molar-refractivity contribution in [1.29, 1.82) is 0 Å². The van der Waals surface area contributed by atoms with Crippen molar-refractivity contribution in [3.63, 3.8) is 0 Å². The van der Waals surface area contributed by atoms with Gasteiger partial charge in [0, 0.05) is 33.1 Å². The minimum absolute atomic E-state index is 0.158. The van der Waals surface area contributed by atoms with E-state index in [1.165, 1.54) is 29.5 Å². The lowest BCUT2D eigenvalue weighted by molar-refractivity contribution is 0.103. The van der Waals surface area contributed by atoms with E-state index in [1.54, 1.807) is 0 Å². The SMILES string of the molecule is CCc1cc2c(cc1C1CCN(C)CC1)C(C)(C)c1[nH]c3cc(C#C[Si](C)(C)C)ccc3c1C2=O. The molecular weight excluding hydrogens is 444 g/mol. The fraction of sp³-hybridized carbons (Fsp3) is 0.452. The van der Waals surface area contributed by atoms with Crippen LogP contribution < -0.4 is 0 Å². The minimum atomic E-state index is -1.46. The standard InChI is InChI=1S/C31H38N2OSi/c1-8-21-18-25-26(19-24(21)22-11-14-33(4)15-12-22)31(2,3)30-28(29(25)34)23-10-9-20(17-27(23)32-30)13-16-35(5,6)7/h9-10,17-19,22,32H,8,11-12,14-15H2,1-7H3. The normalized spacial score (nSPS) is 18.2. The molecule has 0 bridgehead atoms. The van der Waals surface area contributed by atoms with Gasteiger partial charge in [0.05, 0.1) is 5.56 Å². The summed E-state index contributed by atoms with van der Waals surface area (Å²) in [7, 11) is 0.758. The Kier molecular flexibility index (Phi) is 5.85. The maximum Gasteiger partial charge on any atom is 0.195 e. The van der Waals surface area contributed by atoms with E-state index in [4.69, 9.17) is 0 Å². The van der Waals surface area contributed by atoms with E-state index in [0.717, 1.165) is 52.8 Å². The number of fused-ring (bicyclic) bond motifs is 4. The molecule has 1 saturated heterocycles. The Hall–Kier alpha value is -2.61. The third-order valence-corrected chi connectivity index (χ3v) is 8.84.